The van der Waals surface area contributed by atoms with Gasteiger partial charge in [0.05, 0.1) is 29.2 Å². The monoisotopic (exact) mass is 272 g/mol. The van der Waals surface area contributed by atoms with Crippen molar-refractivity contribution in [3.8, 4) is 5.69 Å². The Morgan fingerprint density at radius 1 is 1.05 bits per heavy atom. The molecule has 0 saturated carbocycles. The van der Waals surface area contributed by atoms with Crippen molar-refractivity contribution in [2.24, 2.45) is 0 Å². The van der Waals surface area contributed by atoms with E-state index in [9.17, 15) is 0 Å². The molecule has 7 heteroatoms. The summed E-state index contributed by atoms with van der Waals surface area (Å²) in [6.45, 7) is 8.09. The highest BCUT2D eigenvalue weighted by Gasteiger charge is 2.52. The molecule has 0 amide bonds. The SMILES string of the molecule is CC1(C)OB(c2ccn(-c3cncnc3)n2)OC1(C)C. The molecule has 3 heterocycles. The first kappa shape index (κ1) is 13.3. The van der Waals surface area contributed by atoms with Gasteiger partial charge in [0.25, 0.3) is 0 Å². The Kier molecular flexibility index (Phi) is 2.91. The van der Waals surface area contributed by atoms with Gasteiger partial charge in [0, 0.05) is 6.20 Å². The van der Waals surface area contributed by atoms with E-state index in [1.165, 1.54) is 6.33 Å². The maximum absolute atomic E-state index is 5.97. The molecule has 0 aromatic carbocycles. The quantitative estimate of drug-likeness (QED) is 0.762. The maximum atomic E-state index is 5.97. The summed E-state index contributed by atoms with van der Waals surface area (Å²) in [7, 11) is -0.453. The molecular formula is C13H17BN4O2. The van der Waals surface area contributed by atoms with Crippen LogP contribution < -0.4 is 5.59 Å². The van der Waals surface area contributed by atoms with Crippen LogP contribution in [0.25, 0.3) is 5.69 Å². The summed E-state index contributed by atoms with van der Waals surface area (Å²) in [5, 5.41) is 4.48. The molecule has 6 nitrogen and oxygen atoms in total. The van der Waals surface area contributed by atoms with Gasteiger partial charge in [-0.2, -0.15) is 5.10 Å². The molecule has 2 aromatic rings. The highest BCUT2D eigenvalue weighted by molar-refractivity contribution is 6.61. The molecule has 104 valence electrons. The second-order valence-corrected chi connectivity index (χ2v) is 5.87. The van der Waals surface area contributed by atoms with Crippen LogP contribution in [0.3, 0.4) is 0 Å². The minimum Gasteiger partial charge on any atom is -0.398 e. The first-order chi connectivity index (χ1) is 9.39. The van der Waals surface area contributed by atoms with Crippen molar-refractivity contribution >= 4 is 12.7 Å². The summed E-state index contributed by atoms with van der Waals surface area (Å²) in [5.41, 5.74) is 0.817. The molecule has 20 heavy (non-hydrogen) atoms. The van der Waals surface area contributed by atoms with Crippen LogP contribution in [0.15, 0.2) is 31.0 Å². The third kappa shape index (κ3) is 2.12. The topological polar surface area (TPSA) is 62.1 Å². The van der Waals surface area contributed by atoms with Crippen molar-refractivity contribution in [2.75, 3.05) is 0 Å². The lowest BCUT2D eigenvalue weighted by Crippen LogP contribution is -2.41. The van der Waals surface area contributed by atoms with E-state index in [-0.39, 0.29) is 11.2 Å². The number of rotatable bonds is 2. The van der Waals surface area contributed by atoms with Crippen molar-refractivity contribution in [1.82, 2.24) is 19.7 Å². The molecule has 0 N–H and O–H groups in total. The van der Waals surface area contributed by atoms with Crippen LogP contribution in [0.2, 0.25) is 0 Å². The number of hydrogen-bond donors (Lipinski definition) is 0. The fourth-order valence-electron chi connectivity index (χ4n) is 1.98. The Hall–Kier alpha value is -1.73. The van der Waals surface area contributed by atoms with Crippen LogP contribution in [0.1, 0.15) is 27.7 Å². The molecule has 0 radical (unpaired) electrons. The van der Waals surface area contributed by atoms with E-state index in [0.717, 1.165) is 11.3 Å². The van der Waals surface area contributed by atoms with Gasteiger partial charge in [-0.1, -0.05) is 0 Å². The summed E-state index contributed by atoms with van der Waals surface area (Å²) in [6.07, 6.45) is 6.74. The lowest BCUT2D eigenvalue weighted by molar-refractivity contribution is 0.00578. The Bertz CT molecular complexity index is 596. The van der Waals surface area contributed by atoms with Crippen LogP contribution in [0.5, 0.6) is 0 Å². The Balaban J connectivity index is 1.86. The first-order valence-corrected chi connectivity index (χ1v) is 6.56. The van der Waals surface area contributed by atoms with Gasteiger partial charge < -0.3 is 9.31 Å². The lowest BCUT2D eigenvalue weighted by atomic mass is 9.85. The Labute approximate surface area is 118 Å². The zero-order valence-corrected chi connectivity index (χ0v) is 12.1. The molecule has 3 rings (SSSR count). The van der Waals surface area contributed by atoms with Crippen LogP contribution in [0, 0.1) is 0 Å². The average molecular weight is 272 g/mol. The van der Waals surface area contributed by atoms with E-state index < -0.39 is 7.12 Å². The normalized spacial score (nSPS) is 20.3. The molecule has 0 spiro atoms. The maximum Gasteiger partial charge on any atom is 0.516 e. The Morgan fingerprint density at radius 2 is 1.65 bits per heavy atom. The number of aromatic nitrogens is 4. The molecule has 1 saturated heterocycles. The van der Waals surface area contributed by atoms with Gasteiger partial charge in [-0.05, 0) is 33.8 Å². The molecular weight excluding hydrogens is 255 g/mol. The summed E-state index contributed by atoms with van der Waals surface area (Å²) in [5.74, 6) is 0. The number of hydrogen-bond acceptors (Lipinski definition) is 5. The number of nitrogens with zero attached hydrogens (tertiary/aromatic N) is 4. The highest BCUT2D eigenvalue weighted by atomic mass is 16.7. The highest BCUT2D eigenvalue weighted by Crippen LogP contribution is 2.36. The van der Waals surface area contributed by atoms with Crippen molar-refractivity contribution in [2.45, 2.75) is 38.9 Å². The minimum atomic E-state index is -0.453. The van der Waals surface area contributed by atoms with Gasteiger partial charge in [0.1, 0.15) is 12.0 Å². The fraction of sp³-hybridized carbons (Fsp3) is 0.462. The van der Waals surface area contributed by atoms with Gasteiger partial charge in [-0.3, -0.25) is 0 Å². The summed E-state index contributed by atoms with van der Waals surface area (Å²) < 4.78 is 13.6. The zero-order chi connectivity index (χ0) is 14.4. The van der Waals surface area contributed by atoms with Gasteiger partial charge in [-0.25, -0.2) is 14.6 Å². The molecule has 0 atom stereocenters. The van der Waals surface area contributed by atoms with E-state index >= 15 is 0 Å². The fourth-order valence-corrected chi connectivity index (χ4v) is 1.98. The molecule has 0 aliphatic carbocycles. The standard InChI is InChI=1S/C13H17BN4O2/c1-12(2)13(3,4)20-14(19-12)11-5-6-18(17-11)10-7-15-9-16-8-10/h5-9H,1-4H3. The van der Waals surface area contributed by atoms with E-state index in [0.29, 0.717) is 0 Å². The Morgan fingerprint density at radius 3 is 2.25 bits per heavy atom. The molecule has 0 unspecified atom stereocenters. The first-order valence-electron chi connectivity index (χ1n) is 6.56. The minimum absolute atomic E-state index is 0.364. The summed E-state index contributed by atoms with van der Waals surface area (Å²) >= 11 is 0. The molecule has 1 aliphatic rings. The van der Waals surface area contributed by atoms with Gasteiger partial charge in [0.15, 0.2) is 0 Å². The zero-order valence-electron chi connectivity index (χ0n) is 12.1. The van der Waals surface area contributed by atoms with Crippen LogP contribution >= 0.6 is 0 Å². The molecule has 1 fully saturated rings. The van der Waals surface area contributed by atoms with Gasteiger partial charge in [-0.15, -0.1) is 0 Å². The van der Waals surface area contributed by atoms with Crippen molar-refractivity contribution in [1.29, 1.82) is 0 Å². The van der Waals surface area contributed by atoms with Crippen molar-refractivity contribution in [3.63, 3.8) is 0 Å². The van der Waals surface area contributed by atoms with Crippen LogP contribution in [0.4, 0.5) is 0 Å². The van der Waals surface area contributed by atoms with E-state index in [2.05, 4.69) is 15.1 Å². The predicted octanol–water partition coefficient (Wildman–Crippen LogP) is 0.961. The third-order valence-electron chi connectivity index (χ3n) is 3.92. The van der Waals surface area contributed by atoms with Gasteiger partial charge >= 0.3 is 7.12 Å². The summed E-state index contributed by atoms with van der Waals surface area (Å²) in [6, 6.07) is 1.88. The van der Waals surface area contributed by atoms with E-state index in [1.54, 1.807) is 17.1 Å². The smallest absolute Gasteiger partial charge is 0.398 e. The summed E-state index contributed by atoms with van der Waals surface area (Å²) in [4.78, 5) is 7.96. The second-order valence-electron chi connectivity index (χ2n) is 5.87. The molecule has 2 aromatic heterocycles. The second kappa shape index (κ2) is 4.39. The third-order valence-corrected chi connectivity index (χ3v) is 3.92. The largest absolute Gasteiger partial charge is 0.516 e. The lowest BCUT2D eigenvalue weighted by Gasteiger charge is -2.32. The molecule has 1 aliphatic heterocycles. The van der Waals surface area contributed by atoms with E-state index in [1.807, 2.05) is 40.0 Å². The average Bonchev–Trinajstić information content (AvgIpc) is 2.94. The van der Waals surface area contributed by atoms with Crippen molar-refractivity contribution < 1.29 is 9.31 Å². The van der Waals surface area contributed by atoms with Crippen LogP contribution in [-0.2, 0) is 9.31 Å². The van der Waals surface area contributed by atoms with Crippen LogP contribution in [-0.4, -0.2) is 38.1 Å². The molecule has 0 bridgehead atoms. The van der Waals surface area contributed by atoms with Crippen molar-refractivity contribution in [3.05, 3.63) is 31.0 Å². The van der Waals surface area contributed by atoms with E-state index in [4.69, 9.17) is 9.31 Å². The van der Waals surface area contributed by atoms with Gasteiger partial charge in [0.2, 0.25) is 0 Å². The predicted molar refractivity (Wildman–Crippen MR) is 74.9 cm³/mol.